The molecule has 1 aromatic carbocycles. The van der Waals surface area contributed by atoms with Crippen molar-refractivity contribution in [2.45, 2.75) is 6.42 Å². The number of fused-ring (bicyclic) bond motifs is 1. The molecule has 0 atom stereocenters. The fourth-order valence-electron chi connectivity index (χ4n) is 1.60. The van der Waals surface area contributed by atoms with Gasteiger partial charge < -0.3 is 10.3 Å². The number of nitrogens with one attached hydrogen (secondary N) is 1. The smallest absolute Gasteiger partial charge is 0.0455 e. The molecule has 1 heterocycles. The average Bonchev–Trinajstić information content (AvgIpc) is 2.12. The second kappa shape index (κ2) is 2.63. The number of benzene rings is 1. The van der Waals surface area contributed by atoms with E-state index < -0.39 is 0 Å². The second-order valence-corrected chi connectivity index (χ2v) is 3.17. The zero-order valence-corrected chi connectivity index (χ0v) is 7.17. The maximum absolute atomic E-state index is 7.73. The third kappa shape index (κ3) is 0.998. The van der Waals surface area contributed by atoms with Crippen LogP contribution in [0.4, 0.5) is 5.69 Å². The lowest BCUT2D eigenvalue weighted by Gasteiger charge is -2.27. The summed E-state index contributed by atoms with van der Waals surface area (Å²) in [5, 5.41) is 7.73. The molecule has 1 aliphatic heterocycles. The van der Waals surface area contributed by atoms with Gasteiger partial charge in [0.2, 0.25) is 0 Å². The fraction of sp³-hybridized carbons (Fsp3) is 0.300. The van der Waals surface area contributed by atoms with Crippen molar-refractivity contribution >= 4 is 11.4 Å². The van der Waals surface area contributed by atoms with E-state index in [4.69, 9.17) is 5.41 Å². The standard InChI is InChI=1S/C10H12N2/c1-12-7-6-9(11)8-4-2-3-5-10(8)12/h2-5,11H,6-7H2,1H3. The van der Waals surface area contributed by atoms with Crippen LogP contribution in [0.3, 0.4) is 0 Å². The normalized spacial score (nSPS) is 16.1. The van der Waals surface area contributed by atoms with Crippen LogP contribution in [0.25, 0.3) is 0 Å². The summed E-state index contributed by atoms with van der Waals surface area (Å²) in [5.74, 6) is 0. The van der Waals surface area contributed by atoms with Gasteiger partial charge in [0.1, 0.15) is 0 Å². The molecular weight excluding hydrogens is 148 g/mol. The largest absolute Gasteiger partial charge is 0.374 e. The summed E-state index contributed by atoms with van der Waals surface area (Å²) in [6, 6.07) is 8.11. The molecule has 1 aliphatic rings. The Balaban J connectivity index is 2.55. The van der Waals surface area contributed by atoms with Gasteiger partial charge in [0, 0.05) is 37.0 Å². The number of anilines is 1. The molecule has 0 saturated heterocycles. The molecule has 2 nitrogen and oxygen atoms in total. The molecule has 0 unspecified atom stereocenters. The van der Waals surface area contributed by atoms with Crippen molar-refractivity contribution in [2.24, 2.45) is 0 Å². The minimum Gasteiger partial charge on any atom is -0.374 e. The van der Waals surface area contributed by atoms with E-state index in [0.29, 0.717) is 0 Å². The molecule has 0 fully saturated rings. The van der Waals surface area contributed by atoms with E-state index in [9.17, 15) is 0 Å². The molecule has 2 rings (SSSR count). The molecule has 0 aromatic heterocycles. The summed E-state index contributed by atoms with van der Waals surface area (Å²) in [4.78, 5) is 2.20. The Labute approximate surface area is 72.3 Å². The van der Waals surface area contributed by atoms with Crippen molar-refractivity contribution in [1.29, 1.82) is 5.41 Å². The Morgan fingerprint density at radius 3 is 2.83 bits per heavy atom. The summed E-state index contributed by atoms with van der Waals surface area (Å²) in [6.45, 7) is 0.968. The molecule has 2 heteroatoms. The van der Waals surface area contributed by atoms with E-state index in [1.807, 2.05) is 18.2 Å². The molecule has 1 aromatic rings. The molecule has 62 valence electrons. The van der Waals surface area contributed by atoms with Crippen LogP contribution in [0.15, 0.2) is 24.3 Å². The Hall–Kier alpha value is -1.31. The minimum atomic E-state index is 0.767. The summed E-state index contributed by atoms with van der Waals surface area (Å²) >= 11 is 0. The third-order valence-electron chi connectivity index (χ3n) is 2.34. The van der Waals surface area contributed by atoms with Crippen LogP contribution < -0.4 is 4.90 Å². The highest BCUT2D eigenvalue weighted by atomic mass is 15.1. The van der Waals surface area contributed by atoms with E-state index >= 15 is 0 Å². The van der Waals surface area contributed by atoms with Gasteiger partial charge in [0.05, 0.1) is 0 Å². The number of hydrogen-bond donors (Lipinski definition) is 1. The summed E-state index contributed by atoms with van der Waals surface area (Å²) in [7, 11) is 2.07. The lowest BCUT2D eigenvalue weighted by Crippen LogP contribution is -2.27. The van der Waals surface area contributed by atoms with Crippen LogP contribution in [-0.4, -0.2) is 19.3 Å². The summed E-state index contributed by atoms with van der Waals surface area (Å²) < 4.78 is 0. The van der Waals surface area contributed by atoms with Crippen LogP contribution in [0.5, 0.6) is 0 Å². The van der Waals surface area contributed by atoms with Crippen molar-refractivity contribution in [3.8, 4) is 0 Å². The van der Waals surface area contributed by atoms with Crippen molar-refractivity contribution in [1.82, 2.24) is 0 Å². The molecule has 0 spiro atoms. The van der Waals surface area contributed by atoms with Crippen molar-refractivity contribution in [2.75, 3.05) is 18.5 Å². The number of nitrogens with zero attached hydrogens (tertiary/aromatic N) is 1. The van der Waals surface area contributed by atoms with Gasteiger partial charge >= 0.3 is 0 Å². The lowest BCUT2D eigenvalue weighted by atomic mass is 10.0. The zero-order valence-electron chi connectivity index (χ0n) is 7.17. The summed E-state index contributed by atoms with van der Waals surface area (Å²) in [6.07, 6.45) is 0.869. The van der Waals surface area contributed by atoms with E-state index in [-0.39, 0.29) is 0 Å². The fourth-order valence-corrected chi connectivity index (χ4v) is 1.60. The number of rotatable bonds is 0. The van der Waals surface area contributed by atoms with Crippen LogP contribution in [0.2, 0.25) is 0 Å². The molecule has 0 amide bonds. The van der Waals surface area contributed by atoms with E-state index in [0.717, 1.165) is 24.2 Å². The average molecular weight is 160 g/mol. The van der Waals surface area contributed by atoms with E-state index in [2.05, 4.69) is 18.0 Å². The van der Waals surface area contributed by atoms with Gasteiger partial charge in [-0.3, -0.25) is 0 Å². The van der Waals surface area contributed by atoms with Gasteiger partial charge in [0.25, 0.3) is 0 Å². The Kier molecular flexibility index (Phi) is 1.61. The minimum absolute atomic E-state index is 0.767. The van der Waals surface area contributed by atoms with Crippen LogP contribution in [-0.2, 0) is 0 Å². The predicted molar refractivity (Wildman–Crippen MR) is 51.2 cm³/mol. The highest BCUT2D eigenvalue weighted by Gasteiger charge is 2.16. The first-order valence-electron chi connectivity index (χ1n) is 4.17. The van der Waals surface area contributed by atoms with E-state index in [1.165, 1.54) is 5.69 Å². The van der Waals surface area contributed by atoms with Gasteiger partial charge in [-0.1, -0.05) is 18.2 Å². The van der Waals surface area contributed by atoms with Crippen molar-refractivity contribution in [3.05, 3.63) is 29.8 Å². The molecule has 0 saturated carbocycles. The van der Waals surface area contributed by atoms with Crippen LogP contribution in [0.1, 0.15) is 12.0 Å². The molecule has 1 N–H and O–H groups in total. The highest BCUT2D eigenvalue weighted by molar-refractivity contribution is 6.04. The molecule has 12 heavy (non-hydrogen) atoms. The zero-order chi connectivity index (χ0) is 8.55. The highest BCUT2D eigenvalue weighted by Crippen LogP contribution is 2.24. The predicted octanol–water partition coefficient (Wildman–Crippen LogP) is 1.89. The monoisotopic (exact) mass is 160 g/mol. The van der Waals surface area contributed by atoms with Gasteiger partial charge in [-0.05, 0) is 6.07 Å². The van der Waals surface area contributed by atoms with Crippen molar-refractivity contribution < 1.29 is 0 Å². The lowest BCUT2D eigenvalue weighted by molar-refractivity contribution is 0.893. The number of para-hydroxylation sites is 1. The topological polar surface area (TPSA) is 27.1 Å². The Morgan fingerprint density at radius 2 is 2.08 bits per heavy atom. The van der Waals surface area contributed by atoms with E-state index in [1.54, 1.807) is 0 Å². The maximum Gasteiger partial charge on any atom is 0.0455 e. The summed E-state index contributed by atoms with van der Waals surface area (Å²) in [5.41, 5.74) is 3.05. The quantitative estimate of drug-likeness (QED) is 0.616. The van der Waals surface area contributed by atoms with Crippen LogP contribution in [0, 0.1) is 5.41 Å². The van der Waals surface area contributed by atoms with Gasteiger partial charge in [0.15, 0.2) is 0 Å². The van der Waals surface area contributed by atoms with Gasteiger partial charge in [-0.15, -0.1) is 0 Å². The molecule has 0 radical (unpaired) electrons. The Morgan fingerprint density at radius 1 is 1.33 bits per heavy atom. The molecule has 0 bridgehead atoms. The first-order chi connectivity index (χ1) is 5.79. The van der Waals surface area contributed by atoms with Gasteiger partial charge in [-0.2, -0.15) is 0 Å². The third-order valence-corrected chi connectivity index (χ3v) is 2.34. The number of hydrogen-bond acceptors (Lipinski definition) is 2. The Bertz CT molecular complexity index is 317. The first kappa shape index (κ1) is 7.35. The van der Waals surface area contributed by atoms with Crippen molar-refractivity contribution in [3.63, 3.8) is 0 Å². The molecular formula is C10H12N2. The SMILES string of the molecule is CN1CCC(=N)c2ccccc21. The van der Waals surface area contributed by atoms with Crippen LogP contribution >= 0.6 is 0 Å². The van der Waals surface area contributed by atoms with Gasteiger partial charge in [-0.25, -0.2) is 0 Å². The maximum atomic E-state index is 7.73. The first-order valence-corrected chi connectivity index (χ1v) is 4.17. The second-order valence-electron chi connectivity index (χ2n) is 3.17. The molecule has 0 aliphatic carbocycles.